The highest BCUT2D eigenvalue weighted by Gasteiger charge is 2.41. The number of likely N-dealkylation sites (tertiary alicyclic amines) is 1. The van der Waals surface area contributed by atoms with Crippen LogP contribution in [0.4, 0.5) is 10.5 Å². The summed E-state index contributed by atoms with van der Waals surface area (Å²) in [7, 11) is 0. The van der Waals surface area contributed by atoms with Gasteiger partial charge in [0.1, 0.15) is 17.0 Å². The van der Waals surface area contributed by atoms with Crippen molar-refractivity contribution in [2.75, 3.05) is 31.9 Å². The number of nitrogens with two attached hydrogens (primary N) is 1. The smallest absolute Gasteiger partial charge is 0.410 e. The lowest BCUT2D eigenvalue weighted by atomic mass is 9.82. The van der Waals surface area contributed by atoms with Gasteiger partial charge in [-0.15, -0.1) is 0 Å². The number of hydrogen-bond acceptors (Lipinski definition) is 5. The average molecular weight is 492 g/mol. The van der Waals surface area contributed by atoms with E-state index in [1.54, 1.807) is 4.90 Å². The van der Waals surface area contributed by atoms with Gasteiger partial charge in [-0.25, -0.2) is 4.79 Å². The van der Waals surface area contributed by atoms with E-state index < -0.39 is 11.2 Å². The Bertz CT molecular complexity index is 1150. The molecule has 36 heavy (non-hydrogen) atoms. The molecular formula is C29H37N3O4. The van der Waals surface area contributed by atoms with Crippen LogP contribution < -0.4 is 10.5 Å². The van der Waals surface area contributed by atoms with Crippen LogP contribution in [0.25, 0.3) is 5.57 Å². The summed E-state index contributed by atoms with van der Waals surface area (Å²) < 4.78 is 12.1. The first-order chi connectivity index (χ1) is 17.0. The minimum atomic E-state index is -0.535. The zero-order chi connectivity index (χ0) is 26.1. The highest BCUT2D eigenvalue weighted by atomic mass is 16.6. The molecule has 0 atom stereocenters. The quantitative estimate of drug-likeness (QED) is 0.583. The Morgan fingerprint density at radius 3 is 2.28 bits per heavy atom. The van der Waals surface area contributed by atoms with E-state index in [4.69, 9.17) is 15.2 Å². The van der Waals surface area contributed by atoms with Gasteiger partial charge in [0.05, 0.1) is 0 Å². The van der Waals surface area contributed by atoms with Crippen LogP contribution in [0.3, 0.4) is 0 Å². The molecule has 0 aromatic heterocycles. The molecule has 2 aromatic carbocycles. The Balaban J connectivity index is 1.63. The number of carbonyl (C=O) groups excluding carboxylic acids is 2. The number of fused-ring (bicyclic) bond motifs is 1. The SMILES string of the molecule is CCN(CC)C(=O)c1ccc(C2=CC3(CCN(C(=O)OC(C)(C)C)CC3)Oc3ccc(N)cc32)cc1. The number of nitrogen functional groups attached to an aromatic ring is 1. The van der Waals surface area contributed by atoms with E-state index in [0.717, 1.165) is 22.4 Å². The topological polar surface area (TPSA) is 85.1 Å². The third-order valence-electron chi connectivity index (χ3n) is 6.77. The van der Waals surface area contributed by atoms with Crippen molar-refractivity contribution in [3.05, 3.63) is 65.2 Å². The maximum atomic E-state index is 12.8. The minimum Gasteiger partial charge on any atom is -0.482 e. The Morgan fingerprint density at radius 1 is 1.06 bits per heavy atom. The van der Waals surface area contributed by atoms with Gasteiger partial charge in [-0.3, -0.25) is 4.79 Å². The van der Waals surface area contributed by atoms with Crippen LogP contribution in [0.2, 0.25) is 0 Å². The lowest BCUT2D eigenvalue weighted by Gasteiger charge is -2.43. The fourth-order valence-electron chi connectivity index (χ4n) is 4.80. The fourth-order valence-corrected chi connectivity index (χ4v) is 4.80. The lowest BCUT2D eigenvalue weighted by molar-refractivity contribution is -0.00117. The molecule has 0 aliphatic carbocycles. The largest absolute Gasteiger partial charge is 0.482 e. The predicted octanol–water partition coefficient (Wildman–Crippen LogP) is 5.34. The molecular weight excluding hydrogens is 454 g/mol. The Morgan fingerprint density at radius 2 is 1.69 bits per heavy atom. The van der Waals surface area contributed by atoms with Crippen molar-refractivity contribution in [2.24, 2.45) is 0 Å². The van der Waals surface area contributed by atoms with Crippen LogP contribution in [-0.2, 0) is 4.74 Å². The molecule has 7 heteroatoms. The van der Waals surface area contributed by atoms with Gasteiger partial charge in [0.25, 0.3) is 5.91 Å². The fraction of sp³-hybridized carbons (Fsp3) is 0.448. The number of rotatable bonds is 4. The summed E-state index contributed by atoms with van der Waals surface area (Å²) in [5, 5.41) is 0. The molecule has 4 rings (SSSR count). The van der Waals surface area contributed by atoms with Crippen LogP contribution in [0.15, 0.2) is 48.5 Å². The third kappa shape index (κ3) is 5.35. The molecule has 0 bridgehead atoms. The average Bonchev–Trinajstić information content (AvgIpc) is 2.84. The van der Waals surface area contributed by atoms with Crippen molar-refractivity contribution < 1.29 is 19.1 Å². The molecule has 2 amide bonds. The summed E-state index contributed by atoms with van der Waals surface area (Å²) >= 11 is 0. The second-order valence-electron chi connectivity index (χ2n) is 10.5. The van der Waals surface area contributed by atoms with Crippen molar-refractivity contribution in [2.45, 2.75) is 58.7 Å². The van der Waals surface area contributed by atoms with Crippen molar-refractivity contribution in [3.8, 4) is 5.75 Å². The van der Waals surface area contributed by atoms with E-state index in [1.807, 2.05) is 82.0 Å². The van der Waals surface area contributed by atoms with Gasteiger partial charge >= 0.3 is 6.09 Å². The van der Waals surface area contributed by atoms with Crippen molar-refractivity contribution in [1.82, 2.24) is 9.80 Å². The van der Waals surface area contributed by atoms with E-state index in [1.165, 1.54) is 0 Å². The van der Waals surface area contributed by atoms with Crippen molar-refractivity contribution >= 4 is 23.3 Å². The van der Waals surface area contributed by atoms with Gasteiger partial charge < -0.3 is 25.0 Å². The molecule has 1 saturated heterocycles. The van der Waals surface area contributed by atoms with Crippen molar-refractivity contribution in [1.29, 1.82) is 0 Å². The van der Waals surface area contributed by atoms with Crippen LogP contribution in [0.1, 0.15) is 68.9 Å². The zero-order valence-corrected chi connectivity index (χ0v) is 22.0. The standard InChI is InChI=1S/C29H37N3O4/c1-6-31(7-2)26(33)21-10-8-20(9-11-21)24-19-29(35-25-13-12-22(30)18-23(24)25)14-16-32(17-15-29)27(34)36-28(3,4)5/h8-13,18-19H,6-7,14-17,30H2,1-5H3. The molecule has 0 unspecified atom stereocenters. The number of piperidine rings is 1. The molecule has 0 saturated carbocycles. The highest BCUT2D eigenvalue weighted by Crippen LogP contribution is 2.44. The van der Waals surface area contributed by atoms with Gasteiger partial charge in [-0.05, 0) is 82.2 Å². The molecule has 0 radical (unpaired) electrons. The summed E-state index contributed by atoms with van der Waals surface area (Å²) in [6.07, 6.45) is 3.18. The third-order valence-corrected chi connectivity index (χ3v) is 6.77. The molecule has 7 nitrogen and oxygen atoms in total. The molecule has 2 aliphatic rings. The highest BCUT2D eigenvalue weighted by molar-refractivity contribution is 5.95. The first kappa shape index (κ1) is 25.6. The van der Waals surface area contributed by atoms with Crippen LogP contribution in [-0.4, -0.2) is 59.2 Å². The van der Waals surface area contributed by atoms with E-state index in [0.29, 0.717) is 50.3 Å². The number of nitrogens with zero attached hydrogens (tertiary/aromatic N) is 2. The van der Waals surface area contributed by atoms with Gasteiger partial charge in [0.2, 0.25) is 0 Å². The molecule has 2 N–H and O–H groups in total. The monoisotopic (exact) mass is 491 g/mol. The number of amides is 2. The minimum absolute atomic E-state index is 0.0307. The number of benzene rings is 2. The number of carbonyl (C=O) groups is 2. The molecule has 2 aromatic rings. The summed E-state index contributed by atoms with van der Waals surface area (Å²) in [6.45, 7) is 12.0. The normalized spacial score (nSPS) is 16.6. The van der Waals surface area contributed by atoms with Gasteiger partial charge in [-0.1, -0.05) is 12.1 Å². The lowest BCUT2D eigenvalue weighted by Crippen LogP contribution is -2.50. The maximum Gasteiger partial charge on any atom is 0.410 e. The predicted molar refractivity (Wildman–Crippen MR) is 142 cm³/mol. The van der Waals surface area contributed by atoms with E-state index in [9.17, 15) is 9.59 Å². The maximum absolute atomic E-state index is 12.8. The van der Waals surface area contributed by atoms with Crippen LogP contribution in [0.5, 0.6) is 5.75 Å². The first-order valence-corrected chi connectivity index (χ1v) is 12.7. The molecule has 2 heterocycles. The Labute approximate surface area is 213 Å². The Kier molecular flexibility index (Phi) is 7.03. The number of ether oxygens (including phenoxy) is 2. The number of hydrogen-bond donors (Lipinski definition) is 1. The van der Waals surface area contributed by atoms with Crippen LogP contribution in [0, 0.1) is 0 Å². The summed E-state index contributed by atoms with van der Waals surface area (Å²) in [6, 6.07) is 13.4. The molecule has 192 valence electrons. The first-order valence-electron chi connectivity index (χ1n) is 12.7. The molecule has 2 aliphatic heterocycles. The van der Waals surface area contributed by atoms with Gasteiger partial charge in [0, 0.05) is 55.8 Å². The molecule has 1 fully saturated rings. The summed E-state index contributed by atoms with van der Waals surface area (Å²) in [4.78, 5) is 28.9. The Hall–Kier alpha value is -3.48. The molecule has 1 spiro atoms. The van der Waals surface area contributed by atoms with E-state index >= 15 is 0 Å². The van der Waals surface area contributed by atoms with E-state index in [-0.39, 0.29) is 12.0 Å². The van der Waals surface area contributed by atoms with Crippen LogP contribution >= 0.6 is 0 Å². The van der Waals surface area contributed by atoms with Crippen molar-refractivity contribution in [3.63, 3.8) is 0 Å². The number of anilines is 1. The van der Waals surface area contributed by atoms with Gasteiger partial charge in [-0.2, -0.15) is 0 Å². The van der Waals surface area contributed by atoms with Gasteiger partial charge in [0.15, 0.2) is 0 Å². The van der Waals surface area contributed by atoms with E-state index in [2.05, 4.69) is 6.08 Å². The summed E-state index contributed by atoms with van der Waals surface area (Å²) in [5.74, 6) is 0.804. The second-order valence-corrected chi connectivity index (χ2v) is 10.5. The summed E-state index contributed by atoms with van der Waals surface area (Å²) in [5.41, 5.74) is 9.34. The zero-order valence-electron chi connectivity index (χ0n) is 22.0. The second kappa shape index (κ2) is 9.88.